The highest BCUT2D eigenvalue weighted by atomic mass is 16.5. The van der Waals surface area contributed by atoms with Gasteiger partial charge >= 0.3 is 0 Å². The molecule has 27 heavy (non-hydrogen) atoms. The summed E-state index contributed by atoms with van der Waals surface area (Å²) >= 11 is 0. The van der Waals surface area contributed by atoms with E-state index < -0.39 is 0 Å². The number of carbonyl (C=O) groups excluding carboxylic acids is 1. The fraction of sp³-hybridized carbons (Fsp3) is 0.182. The standard InChI is InChI=1S/C22H20N2O3/c1-15-17-9-2-3-10-18(17)27-21(15)22(25)24-13-6-14-26-19-11-4-7-16-8-5-12-23-20(16)19/h2-5,7-12H,6,13-14H2,1H3,(H,24,25). The van der Waals surface area contributed by atoms with Gasteiger partial charge in [-0.05, 0) is 31.5 Å². The monoisotopic (exact) mass is 360 g/mol. The van der Waals surface area contributed by atoms with Crippen LogP contribution in [0.5, 0.6) is 5.75 Å². The van der Waals surface area contributed by atoms with Crippen molar-refractivity contribution in [2.24, 2.45) is 0 Å². The summed E-state index contributed by atoms with van der Waals surface area (Å²) in [7, 11) is 0. The first-order valence-electron chi connectivity index (χ1n) is 8.97. The van der Waals surface area contributed by atoms with Gasteiger partial charge in [0, 0.05) is 29.1 Å². The number of fused-ring (bicyclic) bond motifs is 2. The van der Waals surface area contributed by atoms with Gasteiger partial charge in [-0.25, -0.2) is 0 Å². The van der Waals surface area contributed by atoms with Crippen LogP contribution in [0, 0.1) is 6.92 Å². The van der Waals surface area contributed by atoms with Crippen LogP contribution in [0.3, 0.4) is 0 Å². The number of ether oxygens (including phenoxy) is 1. The maximum atomic E-state index is 12.4. The molecule has 0 bridgehead atoms. The first kappa shape index (κ1) is 17.1. The first-order valence-corrected chi connectivity index (χ1v) is 8.97. The molecule has 2 aromatic carbocycles. The van der Waals surface area contributed by atoms with Gasteiger partial charge in [-0.1, -0.05) is 36.4 Å². The van der Waals surface area contributed by atoms with Crippen LogP contribution < -0.4 is 10.1 Å². The van der Waals surface area contributed by atoms with E-state index in [4.69, 9.17) is 9.15 Å². The van der Waals surface area contributed by atoms with Crippen LogP contribution in [-0.4, -0.2) is 24.0 Å². The zero-order valence-corrected chi connectivity index (χ0v) is 15.1. The average molecular weight is 360 g/mol. The number of para-hydroxylation sites is 2. The maximum Gasteiger partial charge on any atom is 0.287 e. The number of aromatic nitrogens is 1. The molecule has 0 saturated carbocycles. The molecule has 4 aromatic rings. The molecule has 4 rings (SSSR count). The van der Waals surface area contributed by atoms with E-state index in [1.54, 1.807) is 6.20 Å². The topological polar surface area (TPSA) is 64.4 Å². The minimum Gasteiger partial charge on any atom is -0.491 e. The molecule has 0 aliphatic rings. The number of hydrogen-bond donors (Lipinski definition) is 1. The van der Waals surface area contributed by atoms with Crippen LogP contribution in [-0.2, 0) is 0 Å². The molecule has 0 atom stereocenters. The van der Waals surface area contributed by atoms with Crippen molar-refractivity contribution in [2.75, 3.05) is 13.2 Å². The highest BCUT2D eigenvalue weighted by molar-refractivity contribution is 5.98. The summed E-state index contributed by atoms with van der Waals surface area (Å²) in [5.74, 6) is 0.929. The normalized spacial score (nSPS) is 11.0. The molecule has 0 aliphatic heterocycles. The smallest absolute Gasteiger partial charge is 0.287 e. The third-order valence-corrected chi connectivity index (χ3v) is 4.51. The van der Waals surface area contributed by atoms with Gasteiger partial charge < -0.3 is 14.5 Å². The Bertz CT molecular complexity index is 1100. The fourth-order valence-electron chi connectivity index (χ4n) is 3.12. The second-order valence-electron chi connectivity index (χ2n) is 6.34. The Morgan fingerprint density at radius 2 is 1.96 bits per heavy atom. The van der Waals surface area contributed by atoms with Gasteiger partial charge in [0.25, 0.3) is 5.91 Å². The van der Waals surface area contributed by atoms with E-state index in [2.05, 4.69) is 10.3 Å². The Hall–Kier alpha value is -3.34. The van der Waals surface area contributed by atoms with E-state index in [1.807, 2.05) is 61.5 Å². The van der Waals surface area contributed by atoms with Crippen molar-refractivity contribution >= 4 is 27.8 Å². The first-order chi connectivity index (χ1) is 13.2. The number of rotatable bonds is 6. The predicted octanol–water partition coefficient (Wildman–Crippen LogP) is 4.49. The quantitative estimate of drug-likeness (QED) is 0.515. The molecule has 0 unspecified atom stereocenters. The molecule has 5 heteroatoms. The Morgan fingerprint density at radius 3 is 2.85 bits per heavy atom. The Balaban J connectivity index is 1.32. The summed E-state index contributed by atoms with van der Waals surface area (Å²) in [5.41, 5.74) is 2.44. The predicted molar refractivity (Wildman–Crippen MR) is 105 cm³/mol. The van der Waals surface area contributed by atoms with Crippen molar-refractivity contribution in [3.63, 3.8) is 0 Å². The van der Waals surface area contributed by atoms with Crippen molar-refractivity contribution < 1.29 is 13.9 Å². The second kappa shape index (κ2) is 7.50. The van der Waals surface area contributed by atoms with E-state index >= 15 is 0 Å². The largest absolute Gasteiger partial charge is 0.491 e. The zero-order chi connectivity index (χ0) is 18.6. The maximum absolute atomic E-state index is 12.4. The minimum atomic E-state index is -0.199. The third-order valence-electron chi connectivity index (χ3n) is 4.51. The lowest BCUT2D eigenvalue weighted by Crippen LogP contribution is -2.25. The number of nitrogens with one attached hydrogen (secondary N) is 1. The van der Waals surface area contributed by atoms with Crippen molar-refractivity contribution in [3.05, 3.63) is 72.1 Å². The highest BCUT2D eigenvalue weighted by Crippen LogP contribution is 2.25. The summed E-state index contributed by atoms with van der Waals surface area (Å²) in [6, 6.07) is 17.4. The SMILES string of the molecule is Cc1c(C(=O)NCCCOc2cccc3cccnc23)oc2ccccc12. The van der Waals surface area contributed by atoms with E-state index in [0.29, 0.717) is 25.3 Å². The Morgan fingerprint density at radius 1 is 1.11 bits per heavy atom. The molecule has 0 spiro atoms. The lowest BCUT2D eigenvalue weighted by atomic mass is 10.1. The van der Waals surface area contributed by atoms with Crippen LogP contribution in [0.25, 0.3) is 21.9 Å². The van der Waals surface area contributed by atoms with Crippen LogP contribution >= 0.6 is 0 Å². The molecular weight excluding hydrogens is 340 g/mol. The van der Waals surface area contributed by atoms with Gasteiger partial charge in [0.15, 0.2) is 5.76 Å². The number of amides is 1. The number of hydrogen-bond acceptors (Lipinski definition) is 4. The van der Waals surface area contributed by atoms with Crippen LogP contribution in [0.15, 0.2) is 65.2 Å². The number of aryl methyl sites for hydroxylation is 1. The summed E-state index contributed by atoms with van der Waals surface area (Å²) in [5, 5.41) is 4.91. The van der Waals surface area contributed by atoms with Gasteiger partial charge in [0.2, 0.25) is 0 Å². The van der Waals surface area contributed by atoms with Crippen molar-refractivity contribution in [1.82, 2.24) is 10.3 Å². The van der Waals surface area contributed by atoms with Crippen molar-refractivity contribution in [1.29, 1.82) is 0 Å². The molecule has 0 fully saturated rings. The molecule has 5 nitrogen and oxygen atoms in total. The number of benzene rings is 2. The molecule has 2 aromatic heterocycles. The zero-order valence-electron chi connectivity index (χ0n) is 15.1. The summed E-state index contributed by atoms with van der Waals surface area (Å²) in [4.78, 5) is 16.8. The lowest BCUT2D eigenvalue weighted by Gasteiger charge is -2.09. The Kier molecular flexibility index (Phi) is 4.75. The van der Waals surface area contributed by atoms with Crippen LogP contribution in [0.1, 0.15) is 22.5 Å². The van der Waals surface area contributed by atoms with E-state index in [9.17, 15) is 4.79 Å². The van der Waals surface area contributed by atoms with Crippen molar-refractivity contribution in [2.45, 2.75) is 13.3 Å². The van der Waals surface area contributed by atoms with Gasteiger partial charge in [-0.3, -0.25) is 9.78 Å². The molecule has 136 valence electrons. The van der Waals surface area contributed by atoms with Crippen LogP contribution in [0.4, 0.5) is 0 Å². The molecule has 2 heterocycles. The number of pyridine rings is 1. The molecule has 1 amide bonds. The van der Waals surface area contributed by atoms with E-state index in [-0.39, 0.29) is 5.91 Å². The second-order valence-corrected chi connectivity index (χ2v) is 6.34. The van der Waals surface area contributed by atoms with Gasteiger partial charge in [0.05, 0.1) is 6.61 Å². The number of nitrogens with zero attached hydrogens (tertiary/aromatic N) is 1. The summed E-state index contributed by atoms with van der Waals surface area (Å²) < 4.78 is 11.5. The number of furan rings is 1. The molecule has 0 saturated heterocycles. The minimum absolute atomic E-state index is 0.199. The summed E-state index contributed by atoms with van der Waals surface area (Å²) in [6.45, 7) is 2.90. The molecule has 0 radical (unpaired) electrons. The third kappa shape index (κ3) is 3.49. The van der Waals surface area contributed by atoms with Gasteiger partial charge in [-0.2, -0.15) is 0 Å². The molecule has 0 aliphatic carbocycles. The number of carbonyl (C=O) groups is 1. The van der Waals surface area contributed by atoms with Crippen molar-refractivity contribution in [3.8, 4) is 5.75 Å². The lowest BCUT2D eigenvalue weighted by molar-refractivity contribution is 0.0925. The van der Waals surface area contributed by atoms with Gasteiger partial charge in [-0.15, -0.1) is 0 Å². The highest BCUT2D eigenvalue weighted by Gasteiger charge is 2.16. The molecule has 1 N–H and O–H groups in total. The fourth-order valence-corrected chi connectivity index (χ4v) is 3.12. The average Bonchev–Trinajstić information content (AvgIpc) is 3.05. The van der Waals surface area contributed by atoms with Gasteiger partial charge in [0.1, 0.15) is 16.8 Å². The summed E-state index contributed by atoms with van der Waals surface area (Å²) in [6.07, 6.45) is 2.44. The molecular formula is C22H20N2O3. The van der Waals surface area contributed by atoms with E-state index in [1.165, 1.54) is 0 Å². The Labute approximate surface area is 157 Å². The van der Waals surface area contributed by atoms with Crippen LogP contribution in [0.2, 0.25) is 0 Å². The van der Waals surface area contributed by atoms with E-state index in [0.717, 1.165) is 33.2 Å².